The molecular weight excluding hydrogens is 344 g/mol. The van der Waals surface area contributed by atoms with Crippen LogP contribution in [0.4, 0.5) is 0 Å². The van der Waals surface area contributed by atoms with E-state index in [1.54, 1.807) is 12.1 Å². The molecule has 27 heavy (non-hydrogen) atoms. The van der Waals surface area contributed by atoms with E-state index in [1.165, 1.54) is 25.7 Å². The van der Waals surface area contributed by atoms with Gasteiger partial charge >= 0.3 is 11.9 Å². The van der Waals surface area contributed by atoms with E-state index in [0.29, 0.717) is 17.7 Å². The van der Waals surface area contributed by atoms with Crippen molar-refractivity contribution in [1.82, 2.24) is 0 Å². The third-order valence-electron chi connectivity index (χ3n) is 4.96. The first-order valence-electron chi connectivity index (χ1n) is 10.2. The average Bonchev–Trinajstić information content (AvgIpc) is 2.62. The molecule has 0 amide bonds. The quantitative estimate of drug-likeness (QED) is 0.314. The van der Waals surface area contributed by atoms with Crippen molar-refractivity contribution < 1.29 is 24.9 Å². The molecule has 1 aromatic carbocycles. The van der Waals surface area contributed by atoms with Crippen LogP contribution in [0.5, 0.6) is 5.75 Å². The number of phenolic OH excluding ortho intramolecular Hbond substituents is 1. The molecule has 152 valence electrons. The SMILES string of the molecule is CCCCCCCCc1cc(CC(C(=O)O)C(=O)O)cc(CCCC)c1O. The maximum atomic E-state index is 11.2. The molecule has 0 atom stereocenters. The highest BCUT2D eigenvalue weighted by Gasteiger charge is 2.26. The maximum Gasteiger partial charge on any atom is 0.318 e. The van der Waals surface area contributed by atoms with E-state index in [-0.39, 0.29) is 6.42 Å². The zero-order chi connectivity index (χ0) is 20.2. The van der Waals surface area contributed by atoms with Crippen molar-refractivity contribution in [3.63, 3.8) is 0 Å². The summed E-state index contributed by atoms with van der Waals surface area (Å²) in [7, 11) is 0. The Bertz CT molecular complexity index is 595. The van der Waals surface area contributed by atoms with E-state index in [1.807, 2.05) is 0 Å². The van der Waals surface area contributed by atoms with Gasteiger partial charge in [0.05, 0.1) is 0 Å². The number of aliphatic carboxylic acids is 2. The van der Waals surface area contributed by atoms with Gasteiger partial charge in [-0.25, -0.2) is 0 Å². The molecule has 0 spiro atoms. The predicted octanol–water partition coefficient (Wildman–Crippen LogP) is 4.97. The molecule has 0 aromatic heterocycles. The fourth-order valence-electron chi connectivity index (χ4n) is 3.31. The predicted molar refractivity (Wildman–Crippen MR) is 106 cm³/mol. The first-order chi connectivity index (χ1) is 12.9. The second-order valence-electron chi connectivity index (χ2n) is 7.32. The monoisotopic (exact) mass is 378 g/mol. The Morgan fingerprint density at radius 2 is 1.30 bits per heavy atom. The highest BCUT2D eigenvalue weighted by molar-refractivity contribution is 5.93. The van der Waals surface area contributed by atoms with Crippen molar-refractivity contribution in [1.29, 1.82) is 0 Å². The molecule has 5 heteroatoms. The van der Waals surface area contributed by atoms with E-state index in [4.69, 9.17) is 10.2 Å². The number of aromatic hydroxyl groups is 1. The van der Waals surface area contributed by atoms with Gasteiger partial charge in [0.15, 0.2) is 5.92 Å². The summed E-state index contributed by atoms with van der Waals surface area (Å²) in [5, 5.41) is 28.9. The van der Waals surface area contributed by atoms with Crippen LogP contribution in [-0.4, -0.2) is 27.3 Å². The Morgan fingerprint density at radius 3 is 1.81 bits per heavy atom. The van der Waals surface area contributed by atoms with Gasteiger partial charge in [-0.1, -0.05) is 64.5 Å². The number of unbranched alkanes of at least 4 members (excludes halogenated alkanes) is 6. The van der Waals surface area contributed by atoms with Crippen LogP contribution in [0, 0.1) is 5.92 Å². The van der Waals surface area contributed by atoms with Crippen LogP contribution < -0.4 is 0 Å². The van der Waals surface area contributed by atoms with Crippen molar-refractivity contribution in [2.45, 2.75) is 84.5 Å². The molecule has 1 aromatic rings. The maximum absolute atomic E-state index is 11.2. The van der Waals surface area contributed by atoms with Gasteiger partial charge in [-0.15, -0.1) is 0 Å². The Kier molecular flexibility index (Phi) is 10.5. The highest BCUT2D eigenvalue weighted by Crippen LogP contribution is 2.29. The molecule has 0 radical (unpaired) electrons. The van der Waals surface area contributed by atoms with Crippen molar-refractivity contribution in [2.75, 3.05) is 0 Å². The molecule has 0 aliphatic carbocycles. The summed E-state index contributed by atoms with van der Waals surface area (Å²) in [5.74, 6) is -3.83. The van der Waals surface area contributed by atoms with Crippen LogP contribution in [0.1, 0.15) is 81.9 Å². The summed E-state index contributed by atoms with van der Waals surface area (Å²) in [6.45, 7) is 4.26. The first kappa shape index (κ1) is 23.0. The third-order valence-corrected chi connectivity index (χ3v) is 4.96. The normalized spacial score (nSPS) is 11.1. The Hall–Kier alpha value is -2.04. The molecule has 5 nitrogen and oxygen atoms in total. The number of hydrogen-bond acceptors (Lipinski definition) is 3. The lowest BCUT2D eigenvalue weighted by Gasteiger charge is -2.15. The summed E-state index contributed by atoms with van der Waals surface area (Å²) in [6.07, 6.45) is 10.2. The number of rotatable bonds is 14. The second-order valence-corrected chi connectivity index (χ2v) is 7.32. The van der Waals surface area contributed by atoms with Crippen LogP contribution in [-0.2, 0) is 28.9 Å². The molecule has 1 rings (SSSR count). The molecule has 3 N–H and O–H groups in total. The molecule has 0 unspecified atom stereocenters. The number of benzene rings is 1. The van der Waals surface area contributed by atoms with Gasteiger partial charge in [-0.05, 0) is 48.8 Å². The largest absolute Gasteiger partial charge is 0.507 e. The molecule has 0 heterocycles. The Balaban J connectivity index is 2.92. The first-order valence-corrected chi connectivity index (χ1v) is 10.2. The van der Waals surface area contributed by atoms with Crippen molar-refractivity contribution in [2.24, 2.45) is 5.92 Å². The number of carbonyl (C=O) groups is 2. The van der Waals surface area contributed by atoms with Crippen LogP contribution in [0.25, 0.3) is 0 Å². The Labute approximate surface area is 162 Å². The number of carboxylic acids is 2. The number of phenols is 1. The highest BCUT2D eigenvalue weighted by atomic mass is 16.4. The van der Waals surface area contributed by atoms with Gasteiger partial charge in [-0.2, -0.15) is 0 Å². The second kappa shape index (κ2) is 12.4. The van der Waals surface area contributed by atoms with Gasteiger partial charge in [0.1, 0.15) is 5.75 Å². The van der Waals surface area contributed by atoms with Crippen LogP contribution in [0.2, 0.25) is 0 Å². The fourth-order valence-corrected chi connectivity index (χ4v) is 3.31. The summed E-state index contributed by atoms with van der Waals surface area (Å²) < 4.78 is 0. The standard InChI is InChI=1S/C22H34O5/c1-3-5-7-8-9-10-12-18-14-16(15-19(21(24)25)22(26)27)13-17(20(18)23)11-6-4-2/h13-14,19,23H,3-12,15H2,1-2H3,(H,24,25)(H,26,27). The van der Waals surface area contributed by atoms with Gasteiger partial charge < -0.3 is 15.3 Å². The zero-order valence-electron chi connectivity index (χ0n) is 16.7. The van der Waals surface area contributed by atoms with Gasteiger partial charge in [0.2, 0.25) is 0 Å². The van der Waals surface area contributed by atoms with Crippen molar-refractivity contribution >= 4 is 11.9 Å². The number of hydrogen-bond donors (Lipinski definition) is 3. The Morgan fingerprint density at radius 1 is 0.815 bits per heavy atom. The van der Waals surface area contributed by atoms with Crippen LogP contribution in [0.3, 0.4) is 0 Å². The molecule has 0 aliphatic heterocycles. The minimum Gasteiger partial charge on any atom is -0.507 e. The summed E-state index contributed by atoms with van der Waals surface area (Å²) in [6, 6.07) is 3.56. The smallest absolute Gasteiger partial charge is 0.318 e. The summed E-state index contributed by atoms with van der Waals surface area (Å²) in [5.41, 5.74) is 2.28. The van der Waals surface area contributed by atoms with Crippen LogP contribution >= 0.6 is 0 Å². The fraction of sp³-hybridized carbons (Fsp3) is 0.636. The minimum absolute atomic E-state index is 0.0619. The molecule has 0 fully saturated rings. The number of carboxylic acid groups (broad SMARTS) is 2. The van der Waals surface area contributed by atoms with Gasteiger partial charge in [-0.3, -0.25) is 9.59 Å². The zero-order valence-corrected chi connectivity index (χ0v) is 16.7. The minimum atomic E-state index is -1.46. The van der Waals surface area contributed by atoms with Gasteiger partial charge in [0, 0.05) is 0 Å². The van der Waals surface area contributed by atoms with E-state index < -0.39 is 17.9 Å². The molecular formula is C22H34O5. The van der Waals surface area contributed by atoms with Crippen molar-refractivity contribution in [3.8, 4) is 5.75 Å². The van der Waals surface area contributed by atoms with E-state index >= 15 is 0 Å². The van der Waals surface area contributed by atoms with E-state index in [0.717, 1.165) is 43.2 Å². The average molecular weight is 379 g/mol. The van der Waals surface area contributed by atoms with E-state index in [9.17, 15) is 14.7 Å². The topological polar surface area (TPSA) is 94.8 Å². The van der Waals surface area contributed by atoms with Crippen LogP contribution in [0.15, 0.2) is 12.1 Å². The van der Waals surface area contributed by atoms with E-state index in [2.05, 4.69) is 13.8 Å². The van der Waals surface area contributed by atoms with Gasteiger partial charge in [0.25, 0.3) is 0 Å². The summed E-state index contributed by atoms with van der Waals surface area (Å²) in [4.78, 5) is 22.4. The summed E-state index contributed by atoms with van der Waals surface area (Å²) >= 11 is 0. The van der Waals surface area contributed by atoms with Crippen molar-refractivity contribution in [3.05, 3.63) is 28.8 Å². The lowest BCUT2D eigenvalue weighted by atomic mass is 9.92. The molecule has 0 bridgehead atoms. The molecule has 0 saturated heterocycles. The third kappa shape index (κ3) is 8.02. The molecule has 0 saturated carbocycles. The number of aryl methyl sites for hydroxylation is 2. The lowest BCUT2D eigenvalue weighted by molar-refractivity contribution is -0.154. The lowest BCUT2D eigenvalue weighted by Crippen LogP contribution is -2.25. The molecule has 0 aliphatic rings.